The Hall–Kier alpha value is -2.08. The molecule has 0 spiro atoms. The summed E-state index contributed by atoms with van der Waals surface area (Å²) in [5.41, 5.74) is 6.52. The van der Waals surface area contributed by atoms with Crippen molar-refractivity contribution in [1.82, 2.24) is 10.1 Å². The molecule has 0 aliphatic heterocycles. The van der Waals surface area contributed by atoms with Gasteiger partial charge in [-0.15, -0.1) is 0 Å². The van der Waals surface area contributed by atoms with Crippen molar-refractivity contribution in [3.05, 3.63) is 24.0 Å². The number of aromatic nitrogens is 2. The molecule has 2 aromatic rings. The predicted octanol–water partition coefficient (Wildman–Crippen LogP) is 2.21. The van der Waals surface area contributed by atoms with E-state index >= 15 is 0 Å². The predicted molar refractivity (Wildman–Crippen MR) is 70.7 cm³/mol. The van der Waals surface area contributed by atoms with Crippen molar-refractivity contribution in [3.8, 4) is 17.2 Å². The molecule has 0 aliphatic carbocycles. The Morgan fingerprint density at radius 2 is 2.00 bits per heavy atom. The van der Waals surface area contributed by atoms with Crippen LogP contribution in [0.15, 0.2) is 22.7 Å². The molecule has 0 radical (unpaired) electrons. The summed E-state index contributed by atoms with van der Waals surface area (Å²) < 4.78 is 15.6. The molecule has 19 heavy (non-hydrogen) atoms. The monoisotopic (exact) mass is 263 g/mol. The van der Waals surface area contributed by atoms with Gasteiger partial charge in [0.25, 0.3) is 5.89 Å². The lowest BCUT2D eigenvalue weighted by Crippen LogP contribution is -2.21. The quantitative estimate of drug-likeness (QED) is 0.851. The molecule has 6 heteroatoms. The topological polar surface area (TPSA) is 83.4 Å². The maximum atomic E-state index is 5.94. The number of rotatable bonds is 4. The fourth-order valence-electron chi connectivity index (χ4n) is 1.53. The second kappa shape index (κ2) is 4.89. The Morgan fingerprint density at radius 3 is 2.58 bits per heavy atom. The third-order valence-corrected chi connectivity index (χ3v) is 2.96. The molecular formula is C13H17N3O3. The molecule has 2 rings (SSSR count). The van der Waals surface area contributed by atoms with Crippen LogP contribution in [-0.2, 0) is 10.3 Å². The second-order valence-electron chi connectivity index (χ2n) is 4.59. The normalized spacial score (nSPS) is 11.6. The number of ether oxygens (including phenoxy) is 2. The Morgan fingerprint density at radius 1 is 1.26 bits per heavy atom. The summed E-state index contributed by atoms with van der Waals surface area (Å²) in [6, 6.07) is 5.28. The number of hydrogen-bond acceptors (Lipinski definition) is 6. The molecule has 0 aliphatic rings. The standard InChI is InChI=1S/C13H17N3O3/c1-13(2,18-4)12-15-11(19-16-12)9-6-5-8(17-3)7-10(9)14/h5-7H,14H2,1-4H3. The highest BCUT2D eigenvalue weighted by atomic mass is 16.5. The van der Waals surface area contributed by atoms with Crippen molar-refractivity contribution in [2.75, 3.05) is 20.0 Å². The van der Waals surface area contributed by atoms with Crippen LogP contribution in [0.3, 0.4) is 0 Å². The van der Waals surface area contributed by atoms with E-state index in [1.807, 2.05) is 13.8 Å². The first-order valence-electron chi connectivity index (χ1n) is 5.81. The summed E-state index contributed by atoms with van der Waals surface area (Å²) in [4.78, 5) is 4.32. The Kier molecular flexibility index (Phi) is 3.44. The molecule has 102 valence electrons. The van der Waals surface area contributed by atoms with E-state index in [1.165, 1.54) is 0 Å². The molecule has 0 saturated heterocycles. The highest BCUT2D eigenvalue weighted by Crippen LogP contribution is 2.30. The molecule has 0 fully saturated rings. The van der Waals surface area contributed by atoms with Crippen molar-refractivity contribution in [1.29, 1.82) is 0 Å². The van der Waals surface area contributed by atoms with Gasteiger partial charge in [0.15, 0.2) is 0 Å². The minimum absolute atomic E-state index is 0.361. The van der Waals surface area contributed by atoms with Crippen LogP contribution in [0.1, 0.15) is 19.7 Å². The largest absolute Gasteiger partial charge is 0.497 e. The van der Waals surface area contributed by atoms with Crippen LogP contribution in [0.2, 0.25) is 0 Å². The lowest BCUT2D eigenvalue weighted by atomic mass is 10.1. The summed E-state index contributed by atoms with van der Waals surface area (Å²) in [7, 11) is 3.18. The number of anilines is 1. The fraction of sp³-hybridized carbons (Fsp3) is 0.385. The van der Waals surface area contributed by atoms with Crippen LogP contribution < -0.4 is 10.5 Å². The molecule has 0 unspecified atom stereocenters. The minimum atomic E-state index is -0.608. The Balaban J connectivity index is 2.38. The molecule has 1 heterocycles. The first kappa shape index (κ1) is 13.4. The molecule has 0 amide bonds. The summed E-state index contributed by atoms with van der Waals surface area (Å²) in [5, 5.41) is 3.92. The summed E-state index contributed by atoms with van der Waals surface area (Å²) >= 11 is 0. The van der Waals surface area contributed by atoms with Gasteiger partial charge in [-0.05, 0) is 26.0 Å². The van der Waals surface area contributed by atoms with Gasteiger partial charge in [-0.2, -0.15) is 4.98 Å². The maximum Gasteiger partial charge on any atom is 0.260 e. The number of hydrogen-bond donors (Lipinski definition) is 1. The van der Waals surface area contributed by atoms with Crippen molar-refractivity contribution in [3.63, 3.8) is 0 Å². The molecule has 1 aromatic heterocycles. The van der Waals surface area contributed by atoms with Crippen molar-refractivity contribution in [2.45, 2.75) is 19.4 Å². The first-order chi connectivity index (χ1) is 8.97. The van der Waals surface area contributed by atoms with Gasteiger partial charge in [0.2, 0.25) is 5.82 Å². The minimum Gasteiger partial charge on any atom is -0.497 e. The molecular weight excluding hydrogens is 246 g/mol. The van der Waals surface area contributed by atoms with Gasteiger partial charge in [0, 0.05) is 18.9 Å². The zero-order valence-corrected chi connectivity index (χ0v) is 11.4. The average molecular weight is 263 g/mol. The summed E-state index contributed by atoms with van der Waals surface area (Å²) in [6.45, 7) is 3.72. The van der Waals surface area contributed by atoms with E-state index in [0.717, 1.165) is 0 Å². The van der Waals surface area contributed by atoms with Crippen LogP contribution in [0, 0.1) is 0 Å². The van der Waals surface area contributed by atoms with Crippen LogP contribution >= 0.6 is 0 Å². The molecule has 0 bridgehead atoms. The Labute approximate surface area is 111 Å². The van der Waals surface area contributed by atoms with E-state index < -0.39 is 5.60 Å². The highest BCUT2D eigenvalue weighted by Gasteiger charge is 2.26. The summed E-state index contributed by atoms with van der Waals surface area (Å²) in [6.07, 6.45) is 0. The van der Waals surface area contributed by atoms with E-state index in [1.54, 1.807) is 32.4 Å². The molecule has 6 nitrogen and oxygen atoms in total. The lowest BCUT2D eigenvalue weighted by Gasteiger charge is -2.17. The van der Waals surface area contributed by atoms with Crippen LogP contribution in [0.4, 0.5) is 5.69 Å². The number of nitrogen functional groups attached to an aromatic ring is 1. The third kappa shape index (κ3) is 2.53. The van der Waals surface area contributed by atoms with Crippen LogP contribution in [0.25, 0.3) is 11.5 Å². The van der Waals surface area contributed by atoms with Gasteiger partial charge in [0.1, 0.15) is 11.4 Å². The first-order valence-corrected chi connectivity index (χ1v) is 5.81. The third-order valence-electron chi connectivity index (χ3n) is 2.96. The second-order valence-corrected chi connectivity index (χ2v) is 4.59. The molecule has 1 aromatic carbocycles. The van der Waals surface area contributed by atoms with Crippen molar-refractivity contribution >= 4 is 5.69 Å². The smallest absolute Gasteiger partial charge is 0.260 e. The zero-order chi connectivity index (χ0) is 14.0. The van der Waals surface area contributed by atoms with Gasteiger partial charge < -0.3 is 19.7 Å². The van der Waals surface area contributed by atoms with E-state index in [0.29, 0.717) is 28.7 Å². The maximum absolute atomic E-state index is 5.94. The van der Waals surface area contributed by atoms with Crippen molar-refractivity contribution in [2.24, 2.45) is 0 Å². The average Bonchev–Trinajstić information content (AvgIpc) is 2.88. The molecule has 2 N–H and O–H groups in total. The van der Waals surface area contributed by atoms with E-state index in [2.05, 4.69) is 10.1 Å². The van der Waals surface area contributed by atoms with Gasteiger partial charge in [-0.3, -0.25) is 0 Å². The Bertz CT molecular complexity index is 578. The van der Waals surface area contributed by atoms with E-state index in [4.69, 9.17) is 19.7 Å². The van der Waals surface area contributed by atoms with Crippen molar-refractivity contribution < 1.29 is 14.0 Å². The lowest BCUT2D eigenvalue weighted by molar-refractivity contribution is 0.00973. The van der Waals surface area contributed by atoms with Crippen LogP contribution in [-0.4, -0.2) is 24.4 Å². The zero-order valence-electron chi connectivity index (χ0n) is 11.4. The van der Waals surface area contributed by atoms with Gasteiger partial charge in [-0.25, -0.2) is 0 Å². The number of nitrogens with two attached hydrogens (primary N) is 1. The van der Waals surface area contributed by atoms with Crippen LogP contribution in [0.5, 0.6) is 5.75 Å². The SMILES string of the molecule is COc1ccc(-c2nc(C(C)(C)OC)no2)c(N)c1. The van der Waals surface area contributed by atoms with E-state index in [-0.39, 0.29) is 0 Å². The number of nitrogens with zero attached hydrogens (tertiary/aromatic N) is 2. The highest BCUT2D eigenvalue weighted by molar-refractivity contribution is 5.71. The molecule has 0 saturated carbocycles. The van der Waals surface area contributed by atoms with E-state index in [9.17, 15) is 0 Å². The number of methoxy groups -OCH3 is 2. The number of benzene rings is 1. The molecule has 0 atom stereocenters. The fourth-order valence-corrected chi connectivity index (χ4v) is 1.53. The van der Waals surface area contributed by atoms with Gasteiger partial charge in [0.05, 0.1) is 12.7 Å². The van der Waals surface area contributed by atoms with Gasteiger partial charge in [-0.1, -0.05) is 5.16 Å². The summed E-state index contributed by atoms with van der Waals surface area (Å²) in [5.74, 6) is 1.51. The van der Waals surface area contributed by atoms with Gasteiger partial charge >= 0.3 is 0 Å².